The molecule has 0 aliphatic heterocycles. The number of hydrogen-bond acceptors (Lipinski definition) is 8. The molecule has 0 fully saturated rings. The first-order valence-electron chi connectivity index (χ1n) is 7.21. The van der Waals surface area contributed by atoms with Crippen molar-refractivity contribution in [2.24, 2.45) is 0 Å². The second kappa shape index (κ2) is 6.82. The topological polar surface area (TPSA) is 92.9 Å². The molecular formula is C15H17N7O. The number of pyridine rings is 1. The Bertz CT molecular complexity index is 759. The molecule has 0 saturated heterocycles. The zero-order chi connectivity index (χ0) is 16.1. The van der Waals surface area contributed by atoms with Gasteiger partial charge in [0.2, 0.25) is 5.95 Å². The third-order valence-electron chi connectivity index (χ3n) is 3.29. The predicted octanol–water partition coefficient (Wildman–Crippen LogP) is 1.99. The molecule has 8 nitrogen and oxygen atoms in total. The minimum atomic E-state index is 0.381. The molecule has 118 valence electrons. The maximum absolute atomic E-state index is 5.00. The van der Waals surface area contributed by atoms with Gasteiger partial charge in [0, 0.05) is 32.1 Å². The van der Waals surface area contributed by atoms with E-state index in [1.807, 2.05) is 31.0 Å². The molecule has 8 heteroatoms. The monoisotopic (exact) mass is 311 g/mol. The highest BCUT2D eigenvalue weighted by Crippen LogP contribution is 2.14. The molecule has 3 aromatic rings. The number of anilines is 3. The van der Waals surface area contributed by atoms with Crippen LogP contribution in [0.4, 0.5) is 17.6 Å². The lowest BCUT2D eigenvalue weighted by Gasteiger charge is -2.17. The van der Waals surface area contributed by atoms with Crippen LogP contribution in [-0.2, 0) is 6.42 Å². The Labute approximate surface area is 133 Å². The first kappa shape index (κ1) is 14.9. The van der Waals surface area contributed by atoms with Gasteiger partial charge in [-0.05, 0) is 31.0 Å². The molecule has 0 radical (unpaired) electrons. The highest BCUT2D eigenvalue weighted by Gasteiger charge is 2.08. The summed E-state index contributed by atoms with van der Waals surface area (Å²) >= 11 is 0. The fourth-order valence-electron chi connectivity index (χ4n) is 2.03. The molecule has 0 bridgehead atoms. The Morgan fingerprint density at radius 1 is 1.26 bits per heavy atom. The standard InChI is InChI=1S/C15H17N7O/c1-11-9-13(21-23-11)18-15-19-14(10-17-20-15)22(2)8-5-12-3-6-16-7-4-12/h3-4,6-7,9-10H,5,8H2,1-2H3,(H,18,19,20,21). The first-order valence-corrected chi connectivity index (χ1v) is 7.21. The Balaban J connectivity index is 1.64. The van der Waals surface area contributed by atoms with Crippen molar-refractivity contribution in [1.82, 2.24) is 25.3 Å². The largest absolute Gasteiger partial charge is 0.360 e. The quantitative estimate of drug-likeness (QED) is 0.738. The van der Waals surface area contributed by atoms with Crippen molar-refractivity contribution in [1.29, 1.82) is 0 Å². The summed E-state index contributed by atoms with van der Waals surface area (Å²) < 4.78 is 5.00. The number of likely N-dealkylation sites (N-methyl/N-ethyl adjacent to an activating group) is 1. The van der Waals surface area contributed by atoms with E-state index in [4.69, 9.17) is 4.52 Å². The van der Waals surface area contributed by atoms with Gasteiger partial charge in [-0.25, -0.2) is 0 Å². The number of aryl methyl sites for hydroxylation is 1. The van der Waals surface area contributed by atoms with Crippen LogP contribution >= 0.6 is 0 Å². The Hall–Kier alpha value is -3.03. The van der Waals surface area contributed by atoms with E-state index in [2.05, 4.69) is 30.6 Å². The lowest BCUT2D eigenvalue weighted by atomic mass is 10.2. The van der Waals surface area contributed by atoms with Crippen LogP contribution in [0.1, 0.15) is 11.3 Å². The highest BCUT2D eigenvalue weighted by molar-refractivity contribution is 5.49. The van der Waals surface area contributed by atoms with E-state index in [0.717, 1.165) is 18.8 Å². The summed E-state index contributed by atoms with van der Waals surface area (Å²) in [5, 5.41) is 14.8. The van der Waals surface area contributed by atoms with Crippen LogP contribution < -0.4 is 10.2 Å². The van der Waals surface area contributed by atoms with E-state index in [0.29, 0.717) is 17.5 Å². The second-order valence-corrected chi connectivity index (χ2v) is 5.11. The highest BCUT2D eigenvalue weighted by atomic mass is 16.5. The maximum atomic E-state index is 5.00. The van der Waals surface area contributed by atoms with Gasteiger partial charge in [0.1, 0.15) is 5.76 Å². The van der Waals surface area contributed by atoms with Crippen LogP contribution in [0.5, 0.6) is 0 Å². The van der Waals surface area contributed by atoms with Crippen LogP contribution in [0, 0.1) is 6.92 Å². The van der Waals surface area contributed by atoms with E-state index in [1.54, 1.807) is 24.7 Å². The van der Waals surface area contributed by atoms with Crippen LogP contribution in [0.25, 0.3) is 0 Å². The smallest absolute Gasteiger partial charge is 0.250 e. The van der Waals surface area contributed by atoms with Crippen LogP contribution in [0.15, 0.2) is 41.3 Å². The molecule has 0 atom stereocenters. The van der Waals surface area contributed by atoms with Gasteiger partial charge in [0.25, 0.3) is 0 Å². The SMILES string of the molecule is Cc1cc(Nc2nncc(N(C)CCc3ccncc3)n2)no1. The Kier molecular flexibility index (Phi) is 4.41. The fourth-order valence-corrected chi connectivity index (χ4v) is 2.03. The Morgan fingerprint density at radius 2 is 2.09 bits per heavy atom. The van der Waals surface area contributed by atoms with Gasteiger partial charge in [0.05, 0.1) is 6.20 Å². The summed E-state index contributed by atoms with van der Waals surface area (Å²) in [7, 11) is 1.97. The van der Waals surface area contributed by atoms with Gasteiger partial charge in [-0.15, -0.1) is 5.10 Å². The van der Waals surface area contributed by atoms with Gasteiger partial charge in [-0.1, -0.05) is 5.16 Å². The van der Waals surface area contributed by atoms with E-state index < -0.39 is 0 Å². The Morgan fingerprint density at radius 3 is 2.83 bits per heavy atom. The van der Waals surface area contributed by atoms with Crippen molar-refractivity contribution in [3.05, 3.63) is 48.1 Å². The minimum Gasteiger partial charge on any atom is -0.360 e. The van der Waals surface area contributed by atoms with Crippen molar-refractivity contribution in [3.8, 4) is 0 Å². The molecule has 3 rings (SSSR count). The summed E-state index contributed by atoms with van der Waals surface area (Å²) in [5.74, 6) is 2.38. The summed E-state index contributed by atoms with van der Waals surface area (Å²) in [5.41, 5.74) is 1.23. The lowest BCUT2D eigenvalue weighted by molar-refractivity contribution is 0.400. The molecule has 1 N–H and O–H groups in total. The van der Waals surface area contributed by atoms with Crippen LogP contribution in [-0.4, -0.2) is 38.9 Å². The molecule has 0 amide bonds. The molecule has 23 heavy (non-hydrogen) atoms. The van der Waals surface area contributed by atoms with Crippen LogP contribution in [0.2, 0.25) is 0 Å². The average molecular weight is 311 g/mol. The van der Waals surface area contributed by atoms with Crippen molar-refractivity contribution >= 4 is 17.6 Å². The molecule has 3 heterocycles. The number of hydrogen-bond donors (Lipinski definition) is 1. The molecule has 0 unspecified atom stereocenters. The van der Waals surface area contributed by atoms with E-state index in [9.17, 15) is 0 Å². The third-order valence-corrected chi connectivity index (χ3v) is 3.29. The van der Waals surface area contributed by atoms with Crippen molar-refractivity contribution < 1.29 is 4.52 Å². The predicted molar refractivity (Wildman–Crippen MR) is 85.6 cm³/mol. The number of nitrogens with zero attached hydrogens (tertiary/aromatic N) is 6. The summed E-state index contributed by atoms with van der Waals surface area (Å²) in [6.45, 7) is 2.63. The summed E-state index contributed by atoms with van der Waals surface area (Å²) in [6, 6.07) is 5.78. The van der Waals surface area contributed by atoms with E-state index >= 15 is 0 Å². The molecule has 0 spiro atoms. The van der Waals surface area contributed by atoms with Gasteiger partial charge in [-0.3, -0.25) is 4.98 Å². The fraction of sp³-hybridized carbons (Fsp3) is 0.267. The lowest BCUT2D eigenvalue weighted by Crippen LogP contribution is -2.22. The van der Waals surface area contributed by atoms with Gasteiger partial charge in [0.15, 0.2) is 11.6 Å². The molecule has 0 aromatic carbocycles. The second-order valence-electron chi connectivity index (χ2n) is 5.11. The number of nitrogens with one attached hydrogen (secondary N) is 1. The minimum absolute atomic E-state index is 0.381. The molecular weight excluding hydrogens is 294 g/mol. The zero-order valence-corrected chi connectivity index (χ0v) is 13.0. The van der Waals surface area contributed by atoms with Crippen molar-refractivity contribution in [3.63, 3.8) is 0 Å². The summed E-state index contributed by atoms with van der Waals surface area (Å²) in [6.07, 6.45) is 6.12. The average Bonchev–Trinajstić information content (AvgIpc) is 2.99. The van der Waals surface area contributed by atoms with Crippen molar-refractivity contribution in [2.75, 3.05) is 23.8 Å². The first-order chi connectivity index (χ1) is 11.2. The molecule has 0 aliphatic rings. The van der Waals surface area contributed by atoms with E-state index in [-0.39, 0.29) is 0 Å². The number of aromatic nitrogens is 5. The van der Waals surface area contributed by atoms with Gasteiger partial charge < -0.3 is 14.7 Å². The van der Waals surface area contributed by atoms with E-state index in [1.165, 1.54) is 5.56 Å². The number of rotatable bonds is 6. The van der Waals surface area contributed by atoms with Crippen LogP contribution in [0.3, 0.4) is 0 Å². The maximum Gasteiger partial charge on any atom is 0.250 e. The summed E-state index contributed by atoms with van der Waals surface area (Å²) in [4.78, 5) is 10.5. The van der Waals surface area contributed by atoms with Gasteiger partial charge >= 0.3 is 0 Å². The van der Waals surface area contributed by atoms with Gasteiger partial charge in [-0.2, -0.15) is 10.1 Å². The molecule has 0 aliphatic carbocycles. The van der Waals surface area contributed by atoms with Crippen molar-refractivity contribution in [2.45, 2.75) is 13.3 Å². The molecule has 0 saturated carbocycles. The normalized spacial score (nSPS) is 10.5. The zero-order valence-electron chi connectivity index (χ0n) is 13.0. The third kappa shape index (κ3) is 4.00. The molecule has 3 aromatic heterocycles.